The zero-order valence-electron chi connectivity index (χ0n) is 10.4. The van der Waals surface area contributed by atoms with Crippen LogP contribution in [0.15, 0.2) is 29.6 Å². The number of hydrogen-bond acceptors (Lipinski definition) is 6. The Hall–Kier alpha value is -2.15. The van der Waals surface area contributed by atoms with Gasteiger partial charge in [-0.1, -0.05) is 6.07 Å². The summed E-state index contributed by atoms with van der Waals surface area (Å²) >= 11 is 1.69. The highest BCUT2D eigenvalue weighted by Crippen LogP contribution is 2.21. The number of nitro groups is 1. The van der Waals surface area contributed by atoms with Gasteiger partial charge in [-0.3, -0.25) is 10.1 Å². The normalized spacial score (nSPS) is 10.4. The standard InChI is InChI=1S/C12H14N4O2S/c1-15(5-4-10-3-2-6-19-10)12-8-9(16(17)18)7-11(13)14-12/h2-3,6-8H,4-5H2,1H3,(H2,13,14). The van der Waals surface area contributed by atoms with Gasteiger partial charge in [0.1, 0.15) is 11.6 Å². The molecule has 100 valence electrons. The molecule has 0 saturated carbocycles. The second-order valence-corrected chi connectivity index (χ2v) is 5.15. The van der Waals surface area contributed by atoms with Crippen molar-refractivity contribution in [1.82, 2.24) is 4.98 Å². The molecular formula is C12H14N4O2S. The Kier molecular flexibility index (Phi) is 3.96. The second-order valence-electron chi connectivity index (χ2n) is 4.12. The van der Waals surface area contributed by atoms with Gasteiger partial charge in [0.05, 0.1) is 17.1 Å². The van der Waals surface area contributed by atoms with Crippen LogP contribution < -0.4 is 10.6 Å². The van der Waals surface area contributed by atoms with E-state index in [2.05, 4.69) is 11.1 Å². The lowest BCUT2D eigenvalue weighted by atomic mass is 10.3. The first kappa shape index (κ1) is 13.3. The van der Waals surface area contributed by atoms with Gasteiger partial charge in [-0.2, -0.15) is 0 Å². The molecule has 2 N–H and O–H groups in total. The number of likely N-dealkylation sites (N-methyl/N-ethyl adjacent to an activating group) is 1. The van der Waals surface area contributed by atoms with Gasteiger partial charge in [0.25, 0.3) is 5.69 Å². The molecule has 2 aromatic rings. The fourth-order valence-corrected chi connectivity index (χ4v) is 2.37. The summed E-state index contributed by atoms with van der Waals surface area (Å²) in [6, 6.07) is 6.76. The average molecular weight is 278 g/mol. The third-order valence-corrected chi connectivity index (χ3v) is 3.63. The molecule has 7 heteroatoms. The third-order valence-electron chi connectivity index (χ3n) is 2.69. The Morgan fingerprint density at radius 1 is 1.53 bits per heavy atom. The summed E-state index contributed by atoms with van der Waals surface area (Å²) in [4.78, 5) is 17.6. The lowest BCUT2D eigenvalue weighted by molar-refractivity contribution is -0.384. The Morgan fingerprint density at radius 2 is 2.32 bits per heavy atom. The number of aromatic nitrogens is 1. The van der Waals surface area contributed by atoms with E-state index < -0.39 is 4.92 Å². The molecular weight excluding hydrogens is 264 g/mol. The monoisotopic (exact) mass is 278 g/mol. The zero-order chi connectivity index (χ0) is 13.8. The molecule has 0 unspecified atom stereocenters. The summed E-state index contributed by atoms with van der Waals surface area (Å²) in [7, 11) is 1.85. The smallest absolute Gasteiger partial charge is 0.276 e. The number of thiophene rings is 1. The quantitative estimate of drug-likeness (QED) is 0.670. The second kappa shape index (κ2) is 5.66. The van der Waals surface area contributed by atoms with E-state index in [1.54, 1.807) is 11.3 Å². The number of rotatable bonds is 5. The maximum Gasteiger partial charge on any atom is 0.276 e. The molecule has 2 aromatic heterocycles. The molecule has 6 nitrogen and oxygen atoms in total. The molecule has 0 atom stereocenters. The van der Waals surface area contributed by atoms with Crippen molar-refractivity contribution in [3.8, 4) is 0 Å². The number of hydrogen-bond donors (Lipinski definition) is 1. The molecule has 19 heavy (non-hydrogen) atoms. The Labute approximate surface area is 114 Å². The summed E-state index contributed by atoms with van der Waals surface area (Å²) in [5, 5.41) is 12.8. The Bertz CT molecular complexity index is 571. The van der Waals surface area contributed by atoms with Crippen molar-refractivity contribution in [1.29, 1.82) is 0 Å². The Morgan fingerprint density at radius 3 is 2.95 bits per heavy atom. The van der Waals surface area contributed by atoms with Crippen LogP contribution >= 0.6 is 11.3 Å². The van der Waals surface area contributed by atoms with Crippen molar-refractivity contribution < 1.29 is 4.92 Å². The van der Waals surface area contributed by atoms with Gasteiger partial charge in [0.15, 0.2) is 0 Å². The van der Waals surface area contributed by atoms with Crippen LogP contribution in [0.4, 0.5) is 17.3 Å². The predicted octanol–water partition coefficient (Wildman–Crippen LogP) is 2.31. The van der Waals surface area contributed by atoms with Gasteiger partial charge >= 0.3 is 0 Å². The fraction of sp³-hybridized carbons (Fsp3) is 0.250. The Balaban J connectivity index is 2.09. The largest absolute Gasteiger partial charge is 0.383 e. The molecule has 2 rings (SSSR count). The molecule has 0 saturated heterocycles. The van der Waals surface area contributed by atoms with E-state index in [1.807, 2.05) is 23.4 Å². The third kappa shape index (κ3) is 3.41. The average Bonchev–Trinajstić information content (AvgIpc) is 2.88. The van der Waals surface area contributed by atoms with Crippen molar-refractivity contribution in [3.63, 3.8) is 0 Å². The highest BCUT2D eigenvalue weighted by atomic mass is 32.1. The number of nitrogen functional groups attached to an aromatic ring is 1. The maximum absolute atomic E-state index is 10.8. The molecule has 0 bridgehead atoms. The minimum absolute atomic E-state index is 0.0366. The first-order chi connectivity index (χ1) is 9.06. The van der Waals surface area contributed by atoms with E-state index in [-0.39, 0.29) is 11.5 Å². The number of anilines is 2. The van der Waals surface area contributed by atoms with E-state index in [4.69, 9.17) is 5.73 Å². The fourth-order valence-electron chi connectivity index (χ4n) is 1.67. The van der Waals surface area contributed by atoms with Gasteiger partial charge in [0.2, 0.25) is 0 Å². The predicted molar refractivity (Wildman–Crippen MR) is 76.6 cm³/mol. The molecule has 0 fully saturated rings. The molecule has 0 aliphatic carbocycles. The van der Waals surface area contributed by atoms with E-state index in [0.29, 0.717) is 5.82 Å². The van der Waals surface area contributed by atoms with Crippen LogP contribution in [0, 0.1) is 10.1 Å². The van der Waals surface area contributed by atoms with Crippen LogP contribution in [-0.2, 0) is 6.42 Å². The van der Waals surface area contributed by atoms with Crippen molar-refractivity contribution in [2.24, 2.45) is 0 Å². The lowest BCUT2D eigenvalue weighted by Crippen LogP contribution is -2.21. The van der Waals surface area contributed by atoms with E-state index in [1.165, 1.54) is 17.0 Å². The number of nitrogens with two attached hydrogens (primary N) is 1. The summed E-state index contributed by atoms with van der Waals surface area (Å²) in [5.74, 6) is 0.676. The maximum atomic E-state index is 10.8. The van der Waals surface area contributed by atoms with Crippen molar-refractivity contribution in [2.75, 3.05) is 24.2 Å². The summed E-state index contributed by atoms with van der Waals surface area (Å²) in [6.45, 7) is 0.730. The SMILES string of the molecule is CN(CCc1cccs1)c1cc([N+](=O)[O-])cc(N)n1. The summed E-state index contributed by atoms with van der Waals surface area (Å²) < 4.78 is 0. The van der Waals surface area contributed by atoms with Crippen molar-refractivity contribution in [3.05, 3.63) is 44.6 Å². The van der Waals surface area contributed by atoms with E-state index >= 15 is 0 Å². The van der Waals surface area contributed by atoms with Gasteiger partial charge < -0.3 is 10.6 Å². The first-order valence-corrected chi connectivity index (χ1v) is 6.59. The van der Waals surface area contributed by atoms with Crippen LogP contribution in [0.1, 0.15) is 4.88 Å². The number of pyridine rings is 1. The molecule has 0 aromatic carbocycles. The molecule has 0 spiro atoms. The van der Waals surface area contributed by atoms with Crippen molar-refractivity contribution >= 4 is 28.7 Å². The van der Waals surface area contributed by atoms with Crippen LogP contribution in [0.5, 0.6) is 0 Å². The van der Waals surface area contributed by atoms with Crippen LogP contribution in [-0.4, -0.2) is 23.5 Å². The van der Waals surface area contributed by atoms with Gasteiger partial charge in [-0.25, -0.2) is 4.98 Å². The highest BCUT2D eigenvalue weighted by molar-refractivity contribution is 7.09. The molecule has 0 amide bonds. The van der Waals surface area contributed by atoms with E-state index in [0.717, 1.165) is 13.0 Å². The molecule has 0 aliphatic rings. The van der Waals surface area contributed by atoms with Crippen molar-refractivity contribution in [2.45, 2.75) is 6.42 Å². The van der Waals surface area contributed by atoms with Crippen LogP contribution in [0.2, 0.25) is 0 Å². The zero-order valence-corrected chi connectivity index (χ0v) is 11.3. The van der Waals surface area contributed by atoms with Gasteiger partial charge in [0, 0.05) is 18.5 Å². The van der Waals surface area contributed by atoms with Crippen LogP contribution in [0.3, 0.4) is 0 Å². The first-order valence-electron chi connectivity index (χ1n) is 5.72. The summed E-state index contributed by atoms with van der Waals surface area (Å²) in [6.07, 6.45) is 0.873. The lowest BCUT2D eigenvalue weighted by Gasteiger charge is -2.17. The van der Waals surface area contributed by atoms with E-state index in [9.17, 15) is 10.1 Å². The topological polar surface area (TPSA) is 85.3 Å². The minimum Gasteiger partial charge on any atom is -0.383 e. The minimum atomic E-state index is -0.464. The molecule has 2 heterocycles. The highest BCUT2D eigenvalue weighted by Gasteiger charge is 2.12. The van der Waals surface area contributed by atoms with Crippen LogP contribution in [0.25, 0.3) is 0 Å². The van der Waals surface area contributed by atoms with Gasteiger partial charge in [-0.05, 0) is 17.9 Å². The summed E-state index contributed by atoms with van der Waals surface area (Å²) in [5.41, 5.74) is 5.55. The number of nitrogens with zero attached hydrogens (tertiary/aromatic N) is 3. The van der Waals surface area contributed by atoms with Gasteiger partial charge in [-0.15, -0.1) is 11.3 Å². The molecule has 0 radical (unpaired) electrons. The molecule has 0 aliphatic heterocycles.